The zero-order valence-corrected chi connectivity index (χ0v) is 10.3. The van der Waals surface area contributed by atoms with E-state index in [0.717, 1.165) is 11.3 Å². The number of nitrogens with zero attached hydrogens (tertiary/aromatic N) is 2. The molecule has 1 N–H and O–H groups in total. The van der Waals surface area contributed by atoms with Crippen LogP contribution in [0.2, 0.25) is 0 Å². The Morgan fingerprint density at radius 3 is 2.83 bits per heavy atom. The van der Waals surface area contributed by atoms with Crippen molar-refractivity contribution in [3.05, 3.63) is 29.8 Å². The molecule has 5 nitrogen and oxygen atoms in total. The zero-order chi connectivity index (χ0) is 13.1. The fourth-order valence-electron chi connectivity index (χ4n) is 2.07. The Balaban J connectivity index is 2.12. The van der Waals surface area contributed by atoms with Crippen LogP contribution in [0.25, 0.3) is 0 Å². The van der Waals surface area contributed by atoms with Crippen molar-refractivity contribution in [1.29, 1.82) is 0 Å². The minimum Gasteiger partial charge on any atom is -0.481 e. The Labute approximate surface area is 106 Å². The molecule has 5 heteroatoms. The molecule has 0 radical (unpaired) electrons. The fourth-order valence-corrected chi connectivity index (χ4v) is 2.07. The monoisotopic (exact) mass is 248 g/mol. The first-order valence-corrected chi connectivity index (χ1v) is 5.92. The van der Waals surface area contributed by atoms with Gasteiger partial charge in [-0.1, -0.05) is 12.1 Å². The van der Waals surface area contributed by atoms with E-state index in [2.05, 4.69) is 0 Å². The summed E-state index contributed by atoms with van der Waals surface area (Å²) in [5.74, 6) is -0.695. The van der Waals surface area contributed by atoms with Crippen LogP contribution in [0, 0.1) is 0 Å². The maximum Gasteiger partial charge on any atom is 0.303 e. The van der Waals surface area contributed by atoms with E-state index in [0.29, 0.717) is 19.4 Å². The minimum absolute atomic E-state index is 0.103. The predicted octanol–water partition coefficient (Wildman–Crippen LogP) is 1.29. The molecule has 0 aromatic heterocycles. The van der Waals surface area contributed by atoms with E-state index in [9.17, 15) is 9.59 Å². The van der Waals surface area contributed by atoms with E-state index in [-0.39, 0.29) is 12.3 Å². The predicted molar refractivity (Wildman–Crippen MR) is 67.1 cm³/mol. The van der Waals surface area contributed by atoms with Gasteiger partial charge in [0.15, 0.2) is 0 Å². The second kappa shape index (κ2) is 5.08. The summed E-state index contributed by atoms with van der Waals surface area (Å²) in [6.45, 7) is 0.678. The molecule has 0 atom stereocenters. The summed E-state index contributed by atoms with van der Waals surface area (Å²) in [4.78, 5) is 22.0. The summed E-state index contributed by atoms with van der Waals surface area (Å²) in [7, 11) is 1.75. The molecular formula is C13H16N2O3. The number of carboxylic acid groups (broad SMARTS) is 1. The average Bonchev–Trinajstić information content (AvgIpc) is 2.68. The van der Waals surface area contributed by atoms with Crippen molar-refractivity contribution in [2.75, 3.05) is 18.6 Å². The topological polar surface area (TPSA) is 60.9 Å². The van der Waals surface area contributed by atoms with E-state index >= 15 is 0 Å². The normalized spacial score (nSPS) is 15.3. The van der Waals surface area contributed by atoms with Gasteiger partial charge >= 0.3 is 5.97 Å². The molecule has 0 unspecified atom stereocenters. The highest BCUT2D eigenvalue weighted by molar-refractivity contribution is 5.81. The van der Waals surface area contributed by atoms with Gasteiger partial charge in [-0.2, -0.15) is 0 Å². The standard InChI is InChI=1S/C13H16N2O3/c1-14-12(16)7-8-15(14)11-4-2-3-10(9-11)5-6-13(17)18/h2-4,9H,5-8H2,1H3,(H,17,18). The lowest BCUT2D eigenvalue weighted by Crippen LogP contribution is -2.35. The molecule has 96 valence electrons. The Kier molecular flexibility index (Phi) is 3.50. The number of rotatable bonds is 4. The molecular weight excluding hydrogens is 232 g/mol. The Bertz CT molecular complexity index is 473. The average molecular weight is 248 g/mol. The largest absolute Gasteiger partial charge is 0.481 e. The summed E-state index contributed by atoms with van der Waals surface area (Å²) in [5.41, 5.74) is 1.91. The zero-order valence-electron chi connectivity index (χ0n) is 10.3. The third-order valence-corrected chi connectivity index (χ3v) is 3.10. The van der Waals surface area contributed by atoms with E-state index in [1.54, 1.807) is 12.1 Å². The van der Waals surface area contributed by atoms with Crippen molar-refractivity contribution >= 4 is 17.6 Å². The van der Waals surface area contributed by atoms with Crippen LogP contribution in [-0.2, 0) is 16.0 Å². The first-order chi connectivity index (χ1) is 8.58. The van der Waals surface area contributed by atoms with Crippen LogP contribution >= 0.6 is 0 Å². The second-order valence-electron chi connectivity index (χ2n) is 4.35. The summed E-state index contributed by atoms with van der Waals surface area (Å²) < 4.78 is 0. The van der Waals surface area contributed by atoms with Gasteiger partial charge in [0.05, 0.1) is 5.69 Å². The van der Waals surface area contributed by atoms with Gasteiger partial charge in [0, 0.05) is 26.4 Å². The number of carbonyl (C=O) groups is 2. The number of hydrazine groups is 1. The van der Waals surface area contributed by atoms with Crippen molar-refractivity contribution in [1.82, 2.24) is 5.01 Å². The molecule has 1 fully saturated rings. The molecule has 1 amide bonds. The first-order valence-electron chi connectivity index (χ1n) is 5.92. The lowest BCUT2D eigenvalue weighted by atomic mass is 10.1. The summed E-state index contributed by atoms with van der Waals surface area (Å²) in [5, 5.41) is 12.2. The molecule has 1 aromatic rings. The van der Waals surface area contributed by atoms with Crippen LogP contribution in [0.5, 0.6) is 0 Å². The molecule has 1 aliphatic rings. The second-order valence-corrected chi connectivity index (χ2v) is 4.35. The molecule has 1 saturated heterocycles. The van der Waals surface area contributed by atoms with Crippen LogP contribution in [0.3, 0.4) is 0 Å². The molecule has 0 aliphatic carbocycles. The van der Waals surface area contributed by atoms with Crippen molar-refractivity contribution < 1.29 is 14.7 Å². The van der Waals surface area contributed by atoms with Crippen molar-refractivity contribution in [2.45, 2.75) is 19.3 Å². The van der Waals surface area contributed by atoms with Gasteiger partial charge in [0.1, 0.15) is 0 Å². The summed E-state index contributed by atoms with van der Waals surface area (Å²) >= 11 is 0. The molecule has 2 rings (SSSR count). The maximum absolute atomic E-state index is 11.5. The lowest BCUT2D eigenvalue weighted by molar-refractivity contribution is -0.137. The van der Waals surface area contributed by atoms with Gasteiger partial charge < -0.3 is 5.11 Å². The molecule has 0 bridgehead atoms. The van der Waals surface area contributed by atoms with Crippen LogP contribution in [0.1, 0.15) is 18.4 Å². The van der Waals surface area contributed by atoms with Gasteiger partial charge in [0.25, 0.3) is 0 Å². The van der Waals surface area contributed by atoms with Gasteiger partial charge in [-0.25, -0.2) is 0 Å². The highest BCUT2D eigenvalue weighted by Crippen LogP contribution is 2.22. The molecule has 0 saturated carbocycles. The van der Waals surface area contributed by atoms with Crippen molar-refractivity contribution in [3.63, 3.8) is 0 Å². The minimum atomic E-state index is -0.797. The highest BCUT2D eigenvalue weighted by atomic mass is 16.4. The number of benzene rings is 1. The first kappa shape index (κ1) is 12.4. The highest BCUT2D eigenvalue weighted by Gasteiger charge is 2.25. The lowest BCUT2D eigenvalue weighted by Gasteiger charge is -2.26. The third-order valence-electron chi connectivity index (χ3n) is 3.10. The quantitative estimate of drug-likeness (QED) is 0.872. The van der Waals surface area contributed by atoms with E-state index in [1.165, 1.54) is 0 Å². The Morgan fingerprint density at radius 2 is 2.22 bits per heavy atom. The number of carboxylic acids is 1. The maximum atomic E-state index is 11.5. The molecule has 1 heterocycles. The van der Waals surface area contributed by atoms with Gasteiger partial charge in [-0.3, -0.25) is 19.6 Å². The SMILES string of the molecule is CN1C(=O)CCN1c1cccc(CCC(=O)O)c1. The number of aliphatic carboxylic acids is 1. The number of hydrogen-bond donors (Lipinski definition) is 1. The Hall–Kier alpha value is -2.04. The number of anilines is 1. The molecule has 0 spiro atoms. The smallest absolute Gasteiger partial charge is 0.303 e. The Morgan fingerprint density at radius 1 is 1.44 bits per heavy atom. The number of amides is 1. The van der Waals surface area contributed by atoms with Crippen molar-refractivity contribution in [2.24, 2.45) is 0 Å². The van der Waals surface area contributed by atoms with Crippen LogP contribution < -0.4 is 5.01 Å². The molecule has 1 aromatic carbocycles. The van der Waals surface area contributed by atoms with E-state index in [4.69, 9.17) is 5.11 Å². The third kappa shape index (κ3) is 2.61. The summed E-state index contributed by atoms with van der Waals surface area (Å²) in [6.07, 6.45) is 1.16. The van der Waals surface area contributed by atoms with Crippen LogP contribution in [0.4, 0.5) is 5.69 Å². The van der Waals surface area contributed by atoms with Gasteiger partial charge in [-0.05, 0) is 24.1 Å². The van der Waals surface area contributed by atoms with E-state index in [1.807, 2.05) is 29.3 Å². The number of carbonyl (C=O) groups excluding carboxylic acids is 1. The van der Waals surface area contributed by atoms with Gasteiger partial charge in [-0.15, -0.1) is 0 Å². The number of aryl methyl sites for hydroxylation is 1. The molecule has 18 heavy (non-hydrogen) atoms. The van der Waals surface area contributed by atoms with Crippen LogP contribution in [-0.4, -0.2) is 35.6 Å². The van der Waals surface area contributed by atoms with E-state index < -0.39 is 5.97 Å². The van der Waals surface area contributed by atoms with Crippen molar-refractivity contribution in [3.8, 4) is 0 Å². The van der Waals surface area contributed by atoms with Crippen LogP contribution in [0.15, 0.2) is 24.3 Å². The summed E-state index contributed by atoms with van der Waals surface area (Å²) in [6, 6.07) is 7.67. The number of hydrogen-bond acceptors (Lipinski definition) is 3. The fraction of sp³-hybridized carbons (Fsp3) is 0.385. The van der Waals surface area contributed by atoms with Gasteiger partial charge in [0.2, 0.25) is 5.91 Å². The molecule has 1 aliphatic heterocycles.